The number of ether oxygens (including phenoxy) is 1. The van der Waals surface area contributed by atoms with Gasteiger partial charge in [-0.1, -0.05) is 47.1 Å². The van der Waals surface area contributed by atoms with E-state index in [1.807, 2.05) is 31.2 Å². The van der Waals surface area contributed by atoms with E-state index in [2.05, 4.69) is 0 Å². The van der Waals surface area contributed by atoms with Gasteiger partial charge in [0.1, 0.15) is 11.4 Å². The largest absolute Gasteiger partial charge is 0.494 e. The average molecular weight is 423 g/mol. The van der Waals surface area contributed by atoms with Crippen LogP contribution in [0.5, 0.6) is 5.75 Å². The van der Waals surface area contributed by atoms with E-state index in [0.29, 0.717) is 27.5 Å². The van der Waals surface area contributed by atoms with Crippen LogP contribution in [0.25, 0.3) is 0 Å². The number of aryl methyl sites for hydroxylation is 1. The molecule has 27 heavy (non-hydrogen) atoms. The molecule has 2 aromatic rings. The lowest BCUT2D eigenvalue weighted by Gasteiger charge is -2.28. The first-order valence-electron chi connectivity index (χ1n) is 8.58. The fourth-order valence-electron chi connectivity index (χ4n) is 2.79. The van der Waals surface area contributed by atoms with Crippen LogP contribution in [0.2, 0.25) is 10.0 Å². The van der Waals surface area contributed by atoms with Gasteiger partial charge in [0.15, 0.2) is 5.17 Å². The van der Waals surface area contributed by atoms with Gasteiger partial charge < -0.3 is 4.74 Å². The van der Waals surface area contributed by atoms with Gasteiger partial charge in [-0.05, 0) is 48.7 Å². The monoisotopic (exact) mass is 422 g/mol. The molecule has 1 amide bonds. The Labute approximate surface area is 173 Å². The molecule has 0 aliphatic carbocycles. The van der Waals surface area contributed by atoms with Gasteiger partial charge in [-0.15, -0.1) is 0 Å². The van der Waals surface area contributed by atoms with Crippen LogP contribution in [-0.4, -0.2) is 35.4 Å². The fraction of sp³-hybridized carbons (Fsp3) is 0.300. The molecular weight excluding hydrogens is 403 g/mol. The first-order chi connectivity index (χ1) is 13.0. The Kier molecular flexibility index (Phi) is 6.68. The number of halogens is 2. The van der Waals surface area contributed by atoms with Gasteiger partial charge in [0.2, 0.25) is 5.91 Å². The third-order valence-corrected chi connectivity index (χ3v) is 5.98. The zero-order valence-corrected chi connectivity index (χ0v) is 17.5. The van der Waals surface area contributed by atoms with E-state index in [1.165, 1.54) is 0 Å². The highest BCUT2D eigenvalue weighted by Crippen LogP contribution is 2.31. The van der Waals surface area contributed by atoms with Gasteiger partial charge in [0.05, 0.1) is 23.6 Å². The molecule has 0 N–H and O–H groups in total. The molecule has 1 heterocycles. The van der Waals surface area contributed by atoms with Gasteiger partial charge in [-0.2, -0.15) is 0 Å². The zero-order valence-electron chi connectivity index (χ0n) is 15.2. The third-order valence-electron chi connectivity index (χ3n) is 4.18. The smallest absolute Gasteiger partial charge is 0.232 e. The number of carbonyl (C=O) groups excluding carboxylic acids is 1. The lowest BCUT2D eigenvalue weighted by Crippen LogP contribution is -2.40. The van der Waals surface area contributed by atoms with Crippen LogP contribution in [0, 0.1) is 6.92 Å². The number of carbonyl (C=O) groups is 1. The summed E-state index contributed by atoms with van der Waals surface area (Å²) >= 11 is 13.6. The number of rotatable bonds is 4. The third kappa shape index (κ3) is 4.98. The summed E-state index contributed by atoms with van der Waals surface area (Å²) in [7, 11) is 1.62. The Bertz CT molecular complexity index is 886. The van der Waals surface area contributed by atoms with Crippen LogP contribution in [0.4, 0.5) is 5.69 Å². The predicted molar refractivity (Wildman–Crippen MR) is 114 cm³/mol. The molecule has 2 aromatic carbocycles. The summed E-state index contributed by atoms with van der Waals surface area (Å²) in [6, 6.07) is 11.1. The predicted octanol–water partition coefficient (Wildman–Crippen LogP) is 5.51. The second kappa shape index (κ2) is 9.00. The Morgan fingerprint density at radius 2 is 2.04 bits per heavy atom. The number of thioether (sulfide) groups is 1. The van der Waals surface area contributed by atoms with E-state index >= 15 is 0 Å². The van der Waals surface area contributed by atoms with Crippen LogP contribution < -0.4 is 4.74 Å². The van der Waals surface area contributed by atoms with Crippen molar-refractivity contribution in [3.8, 4) is 5.75 Å². The van der Waals surface area contributed by atoms with Crippen LogP contribution in [0.3, 0.4) is 0 Å². The number of hydrogen-bond acceptors (Lipinski definition) is 4. The van der Waals surface area contributed by atoms with E-state index in [0.717, 1.165) is 29.0 Å². The van der Waals surface area contributed by atoms with Crippen molar-refractivity contribution in [2.75, 3.05) is 19.4 Å². The van der Waals surface area contributed by atoms with Gasteiger partial charge in [0, 0.05) is 12.3 Å². The van der Waals surface area contributed by atoms with Crippen molar-refractivity contribution in [3.63, 3.8) is 0 Å². The number of benzene rings is 2. The lowest BCUT2D eigenvalue weighted by molar-refractivity contribution is -0.126. The molecule has 1 saturated heterocycles. The van der Waals surface area contributed by atoms with Gasteiger partial charge >= 0.3 is 0 Å². The molecule has 0 spiro atoms. The number of aliphatic imine (C=N–C) groups is 1. The molecular formula is C20H20Cl2N2O2S. The summed E-state index contributed by atoms with van der Waals surface area (Å²) < 4.78 is 5.41. The molecule has 0 unspecified atom stereocenters. The summed E-state index contributed by atoms with van der Waals surface area (Å²) in [6.45, 7) is 2.66. The summed E-state index contributed by atoms with van der Waals surface area (Å²) in [4.78, 5) is 19.4. The van der Waals surface area contributed by atoms with Crippen molar-refractivity contribution in [1.29, 1.82) is 0 Å². The minimum atomic E-state index is -0.00837. The van der Waals surface area contributed by atoms with Gasteiger partial charge in [0.25, 0.3) is 0 Å². The standard InChI is InChI=1S/C20H20Cl2N2O2S/c1-13-4-7-18(26-2)17(10-13)23-20-24(8-3-9-27-20)19(25)12-14-5-6-15(21)16(22)11-14/h4-7,10-11H,3,8-9,12H2,1-2H3. The molecule has 142 valence electrons. The Hall–Kier alpha value is -1.69. The Balaban J connectivity index is 1.85. The van der Waals surface area contributed by atoms with E-state index < -0.39 is 0 Å². The second-order valence-corrected chi connectivity index (χ2v) is 8.12. The van der Waals surface area contributed by atoms with Gasteiger partial charge in [-0.25, -0.2) is 4.99 Å². The number of nitrogens with zero attached hydrogens (tertiary/aromatic N) is 2. The summed E-state index contributed by atoms with van der Waals surface area (Å²) in [5.41, 5.74) is 2.65. The maximum absolute atomic E-state index is 12.9. The van der Waals surface area contributed by atoms with Gasteiger partial charge in [-0.3, -0.25) is 9.69 Å². The number of methoxy groups -OCH3 is 1. The van der Waals surface area contributed by atoms with E-state index in [4.69, 9.17) is 32.9 Å². The van der Waals surface area contributed by atoms with Crippen molar-refractivity contribution in [2.45, 2.75) is 19.8 Å². The Morgan fingerprint density at radius 1 is 1.22 bits per heavy atom. The number of amides is 1. The molecule has 0 bridgehead atoms. The quantitative estimate of drug-likeness (QED) is 0.652. The summed E-state index contributed by atoms with van der Waals surface area (Å²) in [6.07, 6.45) is 1.18. The maximum Gasteiger partial charge on any atom is 0.232 e. The van der Waals surface area contributed by atoms with Crippen molar-refractivity contribution in [2.24, 2.45) is 4.99 Å². The molecule has 4 nitrogen and oxygen atoms in total. The number of hydrogen-bond donors (Lipinski definition) is 0. The van der Waals surface area contributed by atoms with E-state index in [9.17, 15) is 4.79 Å². The lowest BCUT2D eigenvalue weighted by atomic mass is 10.1. The minimum absolute atomic E-state index is 0.00837. The van der Waals surface area contributed by atoms with Crippen LogP contribution in [0.15, 0.2) is 41.4 Å². The first-order valence-corrected chi connectivity index (χ1v) is 10.3. The van der Waals surface area contributed by atoms with Crippen LogP contribution >= 0.6 is 35.0 Å². The molecule has 0 radical (unpaired) electrons. The summed E-state index contributed by atoms with van der Waals surface area (Å²) in [5.74, 6) is 1.62. The first kappa shape index (κ1) is 20.1. The fourth-order valence-corrected chi connectivity index (χ4v) is 4.08. The molecule has 0 atom stereocenters. The molecule has 1 fully saturated rings. The normalized spacial score (nSPS) is 15.9. The van der Waals surface area contributed by atoms with Crippen LogP contribution in [-0.2, 0) is 11.2 Å². The van der Waals surface area contributed by atoms with Crippen molar-refractivity contribution >= 4 is 51.7 Å². The average Bonchev–Trinajstić information content (AvgIpc) is 2.65. The van der Waals surface area contributed by atoms with E-state index in [-0.39, 0.29) is 12.3 Å². The number of amidine groups is 1. The summed E-state index contributed by atoms with van der Waals surface area (Å²) in [5, 5.41) is 1.64. The highest BCUT2D eigenvalue weighted by atomic mass is 35.5. The minimum Gasteiger partial charge on any atom is -0.494 e. The van der Waals surface area contributed by atoms with E-state index in [1.54, 1.807) is 35.9 Å². The van der Waals surface area contributed by atoms with Crippen LogP contribution in [0.1, 0.15) is 17.5 Å². The molecule has 7 heteroatoms. The Morgan fingerprint density at radius 3 is 2.78 bits per heavy atom. The highest BCUT2D eigenvalue weighted by molar-refractivity contribution is 8.13. The maximum atomic E-state index is 12.9. The topological polar surface area (TPSA) is 41.9 Å². The SMILES string of the molecule is COc1ccc(C)cc1N=C1SCCCN1C(=O)Cc1ccc(Cl)c(Cl)c1. The van der Waals surface area contributed by atoms with Crippen molar-refractivity contribution in [1.82, 2.24) is 4.90 Å². The molecule has 1 aliphatic heterocycles. The zero-order chi connectivity index (χ0) is 19.4. The molecule has 3 rings (SSSR count). The molecule has 0 saturated carbocycles. The molecule has 0 aromatic heterocycles. The molecule has 1 aliphatic rings. The highest BCUT2D eigenvalue weighted by Gasteiger charge is 2.24. The second-order valence-electron chi connectivity index (χ2n) is 6.24. The van der Waals surface area contributed by atoms with Crippen molar-refractivity contribution in [3.05, 3.63) is 57.6 Å². The van der Waals surface area contributed by atoms with Crippen molar-refractivity contribution < 1.29 is 9.53 Å².